The van der Waals surface area contributed by atoms with Gasteiger partial charge in [0.25, 0.3) is 5.91 Å². The van der Waals surface area contributed by atoms with Crippen LogP contribution in [0.2, 0.25) is 0 Å². The maximum Gasteiger partial charge on any atom is 0.267 e. The van der Waals surface area contributed by atoms with Gasteiger partial charge >= 0.3 is 0 Å². The molecule has 0 aliphatic rings. The molecule has 0 radical (unpaired) electrons. The standard InChI is InChI=1S/C13H14N2O/c1-14-13(16)12-8-5-9-15(12)10-11-6-3-2-4-7-11/h2-9H,10H2,1H3,(H,14,16). The van der Waals surface area contributed by atoms with Crippen LogP contribution in [0.4, 0.5) is 0 Å². The molecule has 0 aliphatic carbocycles. The molecule has 0 bridgehead atoms. The number of amides is 1. The molecular weight excluding hydrogens is 200 g/mol. The van der Waals surface area contributed by atoms with Gasteiger partial charge in [-0.3, -0.25) is 4.79 Å². The lowest BCUT2D eigenvalue weighted by atomic mass is 10.2. The average molecular weight is 214 g/mol. The lowest BCUT2D eigenvalue weighted by Crippen LogP contribution is -2.21. The Hall–Kier alpha value is -2.03. The van der Waals surface area contributed by atoms with E-state index in [9.17, 15) is 4.79 Å². The summed E-state index contributed by atoms with van der Waals surface area (Å²) in [5.74, 6) is -0.0547. The molecular formula is C13H14N2O. The van der Waals surface area contributed by atoms with E-state index < -0.39 is 0 Å². The molecule has 2 aromatic rings. The van der Waals surface area contributed by atoms with Crippen LogP contribution in [0.25, 0.3) is 0 Å². The predicted molar refractivity (Wildman–Crippen MR) is 63.4 cm³/mol. The van der Waals surface area contributed by atoms with Gasteiger partial charge in [0.1, 0.15) is 5.69 Å². The maximum absolute atomic E-state index is 11.6. The molecule has 1 heterocycles. The molecule has 0 saturated heterocycles. The first kappa shape index (κ1) is 10.5. The zero-order chi connectivity index (χ0) is 11.4. The van der Waals surface area contributed by atoms with Crippen LogP contribution in [0.5, 0.6) is 0 Å². The Balaban J connectivity index is 2.22. The molecule has 0 aliphatic heterocycles. The quantitative estimate of drug-likeness (QED) is 0.831. The Bertz CT molecular complexity index is 474. The van der Waals surface area contributed by atoms with Gasteiger partial charge in [0, 0.05) is 19.8 Å². The van der Waals surface area contributed by atoms with Crippen molar-refractivity contribution in [3.63, 3.8) is 0 Å². The summed E-state index contributed by atoms with van der Waals surface area (Å²) < 4.78 is 1.94. The highest BCUT2D eigenvalue weighted by molar-refractivity contribution is 5.92. The minimum atomic E-state index is -0.0547. The fourth-order valence-corrected chi connectivity index (χ4v) is 1.67. The van der Waals surface area contributed by atoms with Gasteiger partial charge in [-0.2, -0.15) is 0 Å². The number of carbonyl (C=O) groups excluding carboxylic acids is 1. The van der Waals surface area contributed by atoms with Crippen LogP contribution in [0.15, 0.2) is 48.7 Å². The molecule has 1 aromatic carbocycles. The highest BCUT2D eigenvalue weighted by Crippen LogP contribution is 2.07. The van der Waals surface area contributed by atoms with Crippen molar-refractivity contribution in [3.8, 4) is 0 Å². The molecule has 0 spiro atoms. The van der Waals surface area contributed by atoms with E-state index in [0.717, 1.165) is 6.54 Å². The van der Waals surface area contributed by atoms with Gasteiger partial charge < -0.3 is 9.88 Å². The molecule has 0 saturated carbocycles. The third kappa shape index (κ3) is 2.14. The van der Waals surface area contributed by atoms with Gasteiger partial charge in [0.15, 0.2) is 0 Å². The van der Waals surface area contributed by atoms with Crippen LogP contribution >= 0.6 is 0 Å². The Kier molecular flexibility index (Phi) is 3.05. The summed E-state index contributed by atoms with van der Waals surface area (Å²) in [4.78, 5) is 11.6. The fourth-order valence-electron chi connectivity index (χ4n) is 1.67. The number of benzene rings is 1. The monoisotopic (exact) mass is 214 g/mol. The van der Waals surface area contributed by atoms with E-state index in [-0.39, 0.29) is 5.91 Å². The predicted octanol–water partition coefficient (Wildman–Crippen LogP) is 1.90. The molecule has 2 rings (SSSR count). The summed E-state index contributed by atoms with van der Waals surface area (Å²) in [5, 5.41) is 2.63. The Labute approximate surface area is 94.7 Å². The van der Waals surface area contributed by atoms with Crippen LogP contribution in [-0.2, 0) is 6.54 Å². The second-order valence-electron chi connectivity index (χ2n) is 3.59. The van der Waals surface area contributed by atoms with Gasteiger partial charge in [-0.05, 0) is 17.7 Å². The first-order valence-electron chi connectivity index (χ1n) is 5.22. The van der Waals surface area contributed by atoms with E-state index >= 15 is 0 Å². The number of hydrogen-bond donors (Lipinski definition) is 1. The van der Waals surface area contributed by atoms with Crippen molar-refractivity contribution >= 4 is 5.91 Å². The first-order chi connectivity index (χ1) is 7.81. The van der Waals surface area contributed by atoms with Gasteiger partial charge in [0.05, 0.1) is 0 Å². The van der Waals surface area contributed by atoms with Gasteiger partial charge in [-0.15, -0.1) is 0 Å². The van der Waals surface area contributed by atoms with Crippen LogP contribution in [0.1, 0.15) is 16.1 Å². The van der Waals surface area contributed by atoms with E-state index in [4.69, 9.17) is 0 Å². The third-order valence-electron chi connectivity index (χ3n) is 2.48. The summed E-state index contributed by atoms with van der Waals surface area (Å²) in [6, 6.07) is 13.8. The van der Waals surface area contributed by atoms with Crippen molar-refractivity contribution in [1.82, 2.24) is 9.88 Å². The second kappa shape index (κ2) is 4.66. The molecule has 3 nitrogen and oxygen atoms in total. The van der Waals surface area contributed by atoms with E-state index in [2.05, 4.69) is 5.32 Å². The number of aromatic nitrogens is 1. The van der Waals surface area contributed by atoms with Crippen molar-refractivity contribution in [1.29, 1.82) is 0 Å². The number of nitrogens with zero attached hydrogens (tertiary/aromatic N) is 1. The molecule has 1 aromatic heterocycles. The Morgan fingerprint density at radius 1 is 1.19 bits per heavy atom. The fraction of sp³-hybridized carbons (Fsp3) is 0.154. The summed E-state index contributed by atoms with van der Waals surface area (Å²) in [6.07, 6.45) is 1.91. The second-order valence-corrected chi connectivity index (χ2v) is 3.59. The zero-order valence-corrected chi connectivity index (χ0v) is 9.18. The minimum Gasteiger partial charge on any atom is -0.354 e. The van der Waals surface area contributed by atoms with Crippen LogP contribution in [0.3, 0.4) is 0 Å². The normalized spacial score (nSPS) is 10.1. The first-order valence-corrected chi connectivity index (χ1v) is 5.22. The van der Waals surface area contributed by atoms with Gasteiger partial charge in [0.2, 0.25) is 0 Å². The average Bonchev–Trinajstić information content (AvgIpc) is 2.77. The summed E-state index contributed by atoms with van der Waals surface area (Å²) in [5.41, 5.74) is 1.87. The lowest BCUT2D eigenvalue weighted by molar-refractivity contribution is 0.0954. The smallest absolute Gasteiger partial charge is 0.267 e. The summed E-state index contributed by atoms with van der Waals surface area (Å²) >= 11 is 0. The minimum absolute atomic E-state index is 0.0547. The molecule has 82 valence electrons. The Morgan fingerprint density at radius 2 is 1.94 bits per heavy atom. The van der Waals surface area contributed by atoms with E-state index in [1.807, 2.05) is 53.2 Å². The van der Waals surface area contributed by atoms with E-state index in [1.54, 1.807) is 7.05 Å². The van der Waals surface area contributed by atoms with Crippen molar-refractivity contribution < 1.29 is 4.79 Å². The largest absolute Gasteiger partial charge is 0.354 e. The van der Waals surface area contributed by atoms with Gasteiger partial charge in [-0.25, -0.2) is 0 Å². The van der Waals surface area contributed by atoms with Crippen molar-refractivity contribution in [3.05, 3.63) is 59.9 Å². The number of rotatable bonds is 3. The molecule has 1 N–H and O–H groups in total. The number of nitrogens with one attached hydrogen (secondary N) is 1. The zero-order valence-electron chi connectivity index (χ0n) is 9.18. The highest BCUT2D eigenvalue weighted by atomic mass is 16.1. The molecule has 3 heteroatoms. The van der Waals surface area contributed by atoms with Crippen LogP contribution in [0, 0.1) is 0 Å². The highest BCUT2D eigenvalue weighted by Gasteiger charge is 2.08. The van der Waals surface area contributed by atoms with Crippen LogP contribution in [-0.4, -0.2) is 17.5 Å². The van der Waals surface area contributed by atoms with E-state index in [0.29, 0.717) is 5.69 Å². The SMILES string of the molecule is CNC(=O)c1cccn1Cc1ccccc1. The number of carbonyl (C=O) groups is 1. The molecule has 0 fully saturated rings. The van der Waals surface area contributed by atoms with Crippen molar-refractivity contribution in [2.75, 3.05) is 7.05 Å². The van der Waals surface area contributed by atoms with Gasteiger partial charge in [-0.1, -0.05) is 30.3 Å². The Morgan fingerprint density at radius 3 is 2.62 bits per heavy atom. The third-order valence-corrected chi connectivity index (χ3v) is 2.48. The molecule has 0 unspecified atom stereocenters. The van der Waals surface area contributed by atoms with E-state index in [1.165, 1.54) is 5.56 Å². The number of hydrogen-bond acceptors (Lipinski definition) is 1. The maximum atomic E-state index is 11.6. The molecule has 0 atom stereocenters. The van der Waals surface area contributed by atoms with Crippen molar-refractivity contribution in [2.24, 2.45) is 0 Å². The van der Waals surface area contributed by atoms with Crippen LogP contribution < -0.4 is 5.32 Å². The molecule has 1 amide bonds. The topological polar surface area (TPSA) is 34.0 Å². The molecule has 16 heavy (non-hydrogen) atoms. The van der Waals surface area contributed by atoms with Crippen molar-refractivity contribution in [2.45, 2.75) is 6.54 Å². The summed E-state index contributed by atoms with van der Waals surface area (Å²) in [7, 11) is 1.64. The summed E-state index contributed by atoms with van der Waals surface area (Å²) in [6.45, 7) is 0.719. The lowest BCUT2D eigenvalue weighted by Gasteiger charge is -2.07.